The van der Waals surface area contributed by atoms with Crippen molar-refractivity contribution in [2.24, 2.45) is 0 Å². The molecule has 86 valence electrons. The number of likely N-dealkylation sites (tertiary alicyclic amines) is 1. The average molecular weight is 211 g/mol. The van der Waals surface area contributed by atoms with Crippen molar-refractivity contribution in [2.45, 2.75) is 39.2 Å². The molecule has 1 aliphatic rings. The number of nitrogens with zero attached hydrogens (tertiary/aromatic N) is 1. The number of carbonyl (C=O) groups is 1. The van der Waals surface area contributed by atoms with Gasteiger partial charge < -0.3 is 9.64 Å². The Morgan fingerprint density at radius 2 is 1.87 bits per heavy atom. The highest BCUT2D eigenvalue weighted by atomic mass is 16.6. The van der Waals surface area contributed by atoms with E-state index in [1.165, 1.54) is 5.57 Å². The molecule has 15 heavy (non-hydrogen) atoms. The van der Waals surface area contributed by atoms with E-state index in [0.717, 1.165) is 25.9 Å². The summed E-state index contributed by atoms with van der Waals surface area (Å²) in [7, 11) is 2.10. The molecule has 0 unspecified atom stereocenters. The van der Waals surface area contributed by atoms with Crippen LogP contribution in [0.3, 0.4) is 0 Å². The Kier molecular flexibility index (Phi) is 3.91. The number of ether oxygens (including phenoxy) is 1. The molecular weight excluding hydrogens is 190 g/mol. The average Bonchev–Trinajstić information content (AvgIpc) is 2.05. The highest BCUT2D eigenvalue weighted by molar-refractivity contribution is 5.83. The lowest BCUT2D eigenvalue weighted by atomic mass is 10.0. The molecule has 1 aliphatic heterocycles. The fraction of sp³-hybridized carbons (Fsp3) is 0.750. The Balaban J connectivity index is 2.46. The van der Waals surface area contributed by atoms with Crippen LogP contribution in [0.5, 0.6) is 0 Å². The zero-order valence-electron chi connectivity index (χ0n) is 10.2. The molecule has 1 fully saturated rings. The molecule has 0 N–H and O–H groups in total. The number of rotatable bonds is 1. The molecule has 0 bridgehead atoms. The second kappa shape index (κ2) is 4.79. The first-order chi connectivity index (χ1) is 6.87. The highest BCUT2D eigenvalue weighted by Crippen LogP contribution is 2.16. The third-order valence-corrected chi connectivity index (χ3v) is 2.36. The molecule has 3 nitrogen and oxygen atoms in total. The fourth-order valence-corrected chi connectivity index (χ4v) is 1.55. The quantitative estimate of drug-likeness (QED) is 0.490. The SMILES string of the molecule is CN1CCC(=CC(=O)OC(C)(C)C)CC1. The van der Waals surface area contributed by atoms with E-state index in [0.29, 0.717) is 0 Å². The van der Waals surface area contributed by atoms with Crippen LogP contribution in [0, 0.1) is 0 Å². The normalized spacial score (nSPS) is 18.8. The zero-order valence-corrected chi connectivity index (χ0v) is 10.2. The van der Waals surface area contributed by atoms with Gasteiger partial charge in [0.2, 0.25) is 0 Å². The van der Waals surface area contributed by atoms with Gasteiger partial charge in [-0.15, -0.1) is 0 Å². The minimum absolute atomic E-state index is 0.206. The number of hydrogen-bond donors (Lipinski definition) is 0. The topological polar surface area (TPSA) is 29.5 Å². The first-order valence-electron chi connectivity index (χ1n) is 5.48. The Morgan fingerprint density at radius 1 is 1.33 bits per heavy atom. The van der Waals surface area contributed by atoms with E-state index in [2.05, 4.69) is 11.9 Å². The lowest BCUT2D eigenvalue weighted by Crippen LogP contribution is -2.27. The monoisotopic (exact) mass is 211 g/mol. The Morgan fingerprint density at radius 3 is 2.33 bits per heavy atom. The number of carbonyl (C=O) groups excluding carboxylic acids is 1. The van der Waals surface area contributed by atoms with Crippen molar-refractivity contribution >= 4 is 5.97 Å². The highest BCUT2D eigenvalue weighted by Gasteiger charge is 2.16. The number of esters is 1. The summed E-state index contributed by atoms with van der Waals surface area (Å²) in [6.07, 6.45) is 3.63. The maximum Gasteiger partial charge on any atom is 0.331 e. The van der Waals surface area contributed by atoms with E-state index in [1.54, 1.807) is 6.08 Å². The maximum absolute atomic E-state index is 11.5. The van der Waals surface area contributed by atoms with Crippen LogP contribution in [0.15, 0.2) is 11.6 Å². The third kappa shape index (κ3) is 4.98. The Hall–Kier alpha value is -0.830. The van der Waals surface area contributed by atoms with Crippen LogP contribution >= 0.6 is 0 Å². The smallest absolute Gasteiger partial charge is 0.331 e. The van der Waals surface area contributed by atoms with Crippen LogP contribution in [-0.2, 0) is 9.53 Å². The lowest BCUT2D eigenvalue weighted by Gasteiger charge is -2.24. The summed E-state index contributed by atoms with van der Waals surface area (Å²) >= 11 is 0. The zero-order chi connectivity index (χ0) is 11.5. The maximum atomic E-state index is 11.5. The van der Waals surface area contributed by atoms with Crippen LogP contribution in [-0.4, -0.2) is 36.6 Å². The molecule has 1 saturated heterocycles. The molecule has 1 heterocycles. The molecule has 0 spiro atoms. The van der Waals surface area contributed by atoms with Crippen molar-refractivity contribution in [1.82, 2.24) is 4.90 Å². The second-order valence-electron chi connectivity index (χ2n) is 5.14. The van der Waals surface area contributed by atoms with Gasteiger partial charge in [0, 0.05) is 19.2 Å². The van der Waals surface area contributed by atoms with Gasteiger partial charge in [0.1, 0.15) is 5.60 Å². The van der Waals surface area contributed by atoms with Crippen LogP contribution < -0.4 is 0 Å². The van der Waals surface area contributed by atoms with Gasteiger partial charge in [0.25, 0.3) is 0 Å². The summed E-state index contributed by atoms with van der Waals surface area (Å²) in [6, 6.07) is 0. The van der Waals surface area contributed by atoms with E-state index in [9.17, 15) is 4.79 Å². The van der Waals surface area contributed by atoms with E-state index in [4.69, 9.17) is 4.74 Å². The molecule has 1 rings (SSSR count). The summed E-state index contributed by atoms with van der Waals surface area (Å²) in [5, 5.41) is 0. The van der Waals surface area contributed by atoms with Crippen molar-refractivity contribution in [1.29, 1.82) is 0 Å². The molecule has 0 saturated carbocycles. The van der Waals surface area contributed by atoms with Gasteiger partial charge in [-0.25, -0.2) is 4.79 Å². The standard InChI is InChI=1S/C12H21NO2/c1-12(2,3)15-11(14)9-10-5-7-13(4)8-6-10/h9H,5-8H2,1-4H3. The van der Waals surface area contributed by atoms with Crippen LogP contribution in [0.4, 0.5) is 0 Å². The Bertz CT molecular complexity index is 253. The summed E-state index contributed by atoms with van der Waals surface area (Å²) in [5.41, 5.74) is 0.821. The van der Waals surface area contributed by atoms with E-state index < -0.39 is 0 Å². The predicted molar refractivity (Wildman–Crippen MR) is 60.7 cm³/mol. The van der Waals surface area contributed by atoms with E-state index >= 15 is 0 Å². The molecule has 0 aromatic rings. The van der Waals surface area contributed by atoms with Crippen molar-refractivity contribution < 1.29 is 9.53 Å². The number of hydrogen-bond acceptors (Lipinski definition) is 3. The van der Waals surface area contributed by atoms with Crippen LogP contribution in [0.25, 0.3) is 0 Å². The lowest BCUT2D eigenvalue weighted by molar-refractivity contribution is -0.148. The van der Waals surface area contributed by atoms with Gasteiger partial charge in [0.15, 0.2) is 0 Å². The van der Waals surface area contributed by atoms with E-state index in [1.807, 2.05) is 20.8 Å². The molecule has 0 atom stereocenters. The van der Waals surface area contributed by atoms with Crippen molar-refractivity contribution in [2.75, 3.05) is 20.1 Å². The van der Waals surface area contributed by atoms with Crippen molar-refractivity contribution in [3.8, 4) is 0 Å². The van der Waals surface area contributed by atoms with Gasteiger partial charge >= 0.3 is 5.97 Å². The predicted octanol–water partition coefficient (Wildman–Crippen LogP) is 1.98. The fourth-order valence-electron chi connectivity index (χ4n) is 1.55. The third-order valence-electron chi connectivity index (χ3n) is 2.36. The second-order valence-corrected chi connectivity index (χ2v) is 5.14. The van der Waals surface area contributed by atoms with Crippen LogP contribution in [0.2, 0.25) is 0 Å². The minimum atomic E-state index is -0.389. The molecule has 3 heteroatoms. The van der Waals surface area contributed by atoms with Gasteiger partial charge in [-0.05, 0) is 40.7 Å². The summed E-state index contributed by atoms with van der Waals surface area (Å²) in [6.45, 7) is 7.73. The first kappa shape index (κ1) is 12.2. The first-order valence-corrected chi connectivity index (χ1v) is 5.48. The van der Waals surface area contributed by atoms with E-state index in [-0.39, 0.29) is 11.6 Å². The largest absolute Gasteiger partial charge is 0.457 e. The molecule has 0 aliphatic carbocycles. The molecule has 0 aromatic heterocycles. The van der Waals surface area contributed by atoms with Crippen molar-refractivity contribution in [3.05, 3.63) is 11.6 Å². The van der Waals surface area contributed by atoms with Crippen LogP contribution in [0.1, 0.15) is 33.6 Å². The van der Waals surface area contributed by atoms with Crippen molar-refractivity contribution in [3.63, 3.8) is 0 Å². The number of piperidine rings is 1. The van der Waals surface area contributed by atoms with Gasteiger partial charge in [-0.3, -0.25) is 0 Å². The summed E-state index contributed by atoms with van der Waals surface area (Å²) in [5.74, 6) is -0.206. The molecular formula is C12H21NO2. The molecule has 0 radical (unpaired) electrons. The van der Waals surface area contributed by atoms with Gasteiger partial charge in [-0.1, -0.05) is 5.57 Å². The minimum Gasteiger partial charge on any atom is -0.457 e. The van der Waals surface area contributed by atoms with Gasteiger partial charge in [-0.2, -0.15) is 0 Å². The van der Waals surface area contributed by atoms with Gasteiger partial charge in [0.05, 0.1) is 0 Å². The summed E-state index contributed by atoms with van der Waals surface area (Å²) < 4.78 is 5.24. The summed E-state index contributed by atoms with van der Waals surface area (Å²) in [4.78, 5) is 13.8. The Labute approximate surface area is 92.1 Å². The molecule has 0 amide bonds. The molecule has 0 aromatic carbocycles.